The van der Waals surface area contributed by atoms with Crippen molar-refractivity contribution in [2.24, 2.45) is 0 Å². The Kier molecular flexibility index (Phi) is 7.13. The molecule has 0 saturated carbocycles. The largest absolute Gasteiger partial charge is 0.378 e. The first kappa shape index (κ1) is 23.7. The molecular weight excluding hydrogens is 428 g/mol. The molecule has 1 amide bonds. The monoisotopic (exact) mass is 460 g/mol. The maximum atomic E-state index is 13.4. The Morgan fingerprint density at radius 2 is 2.03 bits per heavy atom. The summed E-state index contributed by atoms with van der Waals surface area (Å²) in [5.74, 6) is 0.101. The van der Waals surface area contributed by atoms with Gasteiger partial charge in [-0.25, -0.2) is 9.50 Å². The first-order valence-corrected chi connectivity index (χ1v) is 11.8. The van der Waals surface area contributed by atoms with E-state index in [2.05, 4.69) is 45.3 Å². The summed E-state index contributed by atoms with van der Waals surface area (Å²) < 4.78 is 7.53. The van der Waals surface area contributed by atoms with E-state index >= 15 is 0 Å². The van der Waals surface area contributed by atoms with Crippen LogP contribution in [0.4, 0.5) is 5.69 Å². The molecule has 4 rings (SSSR count). The van der Waals surface area contributed by atoms with E-state index in [9.17, 15) is 10.1 Å². The highest BCUT2D eigenvalue weighted by Crippen LogP contribution is 2.21. The molecule has 0 aliphatic carbocycles. The van der Waals surface area contributed by atoms with Crippen molar-refractivity contribution in [3.63, 3.8) is 0 Å². The molecule has 1 unspecified atom stereocenters. The third kappa shape index (κ3) is 5.05. The molecule has 0 N–H and O–H groups in total. The summed E-state index contributed by atoms with van der Waals surface area (Å²) in [5.41, 5.74) is 6.01. The molecule has 1 saturated heterocycles. The van der Waals surface area contributed by atoms with E-state index in [4.69, 9.17) is 4.74 Å². The van der Waals surface area contributed by atoms with Crippen molar-refractivity contribution in [2.45, 2.75) is 52.2 Å². The van der Waals surface area contributed by atoms with Gasteiger partial charge in [0.2, 0.25) is 5.91 Å². The van der Waals surface area contributed by atoms with E-state index < -0.39 is 0 Å². The van der Waals surface area contributed by atoms with Gasteiger partial charge in [0.15, 0.2) is 5.65 Å². The molecule has 0 bridgehead atoms. The molecule has 1 atom stereocenters. The van der Waals surface area contributed by atoms with Crippen LogP contribution in [0.3, 0.4) is 0 Å². The lowest BCUT2D eigenvalue weighted by Crippen LogP contribution is -2.37. The Labute approximate surface area is 200 Å². The van der Waals surface area contributed by atoms with Crippen LogP contribution in [-0.2, 0) is 22.5 Å². The van der Waals surface area contributed by atoms with Crippen molar-refractivity contribution in [1.29, 1.82) is 5.26 Å². The number of rotatable bonds is 8. The number of carbonyl (C=O) groups excluding carboxylic acids is 1. The molecule has 1 aliphatic heterocycles. The molecule has 3 heterocycles. The Bertz CT molecular complexity index is 1200. The van der Waals surface area contributed by atoms with Gasteiger partial charge in [0, 0.05) is 57.3 Å². The number of anilines is 1. The Balaban J connectivity index is 1.50. The van der Waals surface area contributed by atoms with Crippen molar-refractivity contribution in [2.75, 3.05) is 32.1 Å². The maximum absolute atomic E-state index is 13.4. The first-order valence-electron chi connectivity index (χ1n) is 11.8. The van der Waals surface area contributed by atoms with E-state index in [1.165, 1.54) is 6.20 Å². The fraction of sp³-hybridized carbons (Fsp3) is 0.462. The van der Waals surface area contributed by atoms with Crippen LogP contribution in [0.5, 0.6) is 0 Å². The molecule has 1 aliphatic rings. The van der Waals surface area contributed by atoms with Gasteiger partial charge in [0.25, 0.3) is 0 Å². The Morgan fingerprint density at radius 3 is 2.68 bits per heavy atom. The van der Waals surface area contributed by atoms with Gasteiger partial charge >= 0.3 is 0 Å². The minimum atomic E-state index is 0.0972. The summed E-state index contributed by atoms with van der Waals surface area (Å²) in [5, 5.41) is 13.6. The number of carbonyl (C=O) groups is 1. The number of aryl methyl sites for hydroxylation is 2. The van der Waals surface area contributed by atoms with Crippen LogP contribution in [0.1, 0.15) is 47.3 Å². The van der Waals surface area contributed by atoms with Crippen LogP contribution in [0.25, 0.3) is 5.65 Å². The second-order valence-corrected chi connectivity index (χ2v) is 9.14. The molecule has 0 spiro atoms. The lowest BCUT2D eigenvalue weighted by atomic mass is 10.1. The lowest BCUT2D eigenvalue weighted by Gasteiger charge is -2.26. The van der Waals surface area contributed by atoms with Gasteiger partial charge < -0.3 is 14.5 Å². The third-order valence-corrected chi connectivity index (χ3v) is 6.54. The highest BCUT2D eigenvalue weighted by molar-refractivity contribution is 5.76. The zero-order chi connectivity index (χ0) is 24.2. The van der Waals surface area contributed by atoms with Crippen LogP contribution in [0.15, 0.2) is 30.5 Å². The maximum Gasteiger partial charge on any atom is 0.223 e. The minimum Gasteiger partial charge on any atom is -0.378 e. The predicted octanol–water partition coefficient (Wildman–Crippen LogP) is 3.42. The third-order valence-electron chi connectivity index (χ3n) is 6.54. The number of aromatic nitrogens is 3. The second-order valence-electron chi connectivity index (χ2n) is 9.14. The predicted molar refractivity (Wildman–Crippen MR) is 131 cm³/mol. The number of hydrogen-bond donors (Lipinski definition) is 0. The average Bonchev–Trinajstić information content (AvgIpc) is 3.48. The smallest absolute Gasteiger partial charge is 0.223 e. The van der Waals surface area contributed by atoms with Gasteiger partial charge in [-0.3, -0.25) is 4.79 Å². The number of nitriles is 1. The summed E-state index contributed by atoms with van der Waals surface area (Å²) in [7, 11) is 4.03. The van der Waals surface area contributed by atoms with Gasteiger partial charge in [-0.1, -0.05) is 12.1 Å². The molecule has 34 heavy (non-hydrogen) atoms. The number of nitrogens with zero attached hydrogens (tertiary/aromatic N) is 6. The average molecular weight is 461 g/mol. The standard InChI is InChI=1S/C26H32N6O2/c1-18-24(19(2)32-26(29-18)21(14-27)15-28-32)11-12-25(33)31(17-23-6-5-13-34-23)16-20-7-9-22(10-8-20)30(3)4/h7-10,15,23H,5-6,11-13,16-17H2,1-4H3. The van der Waals surface area contributed by atoms with Crippen LogP contribution in [0, 0.1) is 25.2 Å². The van der Waals surface area contributed by atoms with Gasteiger partial charge in [0.1, 0.15) is 11.6 Å². The van der Waals surface area contributed by atoms with Gasteiger partial charge in [0.05, 0.1) is 12.3 Å². The lowest BCUT2D eigenvalue weighted by molar-refractivity contribution is -0.133. The molecule has 8 heteroatoms. The molecular formula is C26H32N6O2. The Morgan fingerprint density at radius 1 is 1.26 bits per heavy atom. The first-order chi connectivity index (χ1) is 16.4. The molecule has 178 valence electrons. The summed E-state index contributed by atoms with van der Waals surface area (Å²) in [6, 6.07) is 10.5. The second kappa shape index (κ2) is 10.2. The summed E-state index contributed by atoms with van der Waals surface area (Å²) in [6.45, 7) is 5.83. The molecule has 1 aromatic carbocycles. The van der Waals surface area contributed by atoms with E-state index in [0.717, 1.165) is 47.7 Å². The number of amides is 1. The highest BCUT2D eigenvalue weighted by Gasteiger charge is 2.23. The molecule has 0 radical (unpaired) electrons. The zero-order valence-electron chi connectivity index (χ0n) is 20.4. The van der Waals surface area contributed by atoms with E-state index in [1.54, 1.807) is 4.52 Å². The molecule has 3 aromatic rings. The highest BCUT2D eigenvalue weighted by atomic mass is 16.5. The summed E-state index contributed by atoms with van der Waals surface area (Å²) in [6.07, 6.45) is 4.62. The van der Waals surface area contributed by atoms with Gasteiger partial charge in [-0.05, 0) is 56.4 Å². The van der Waals surface area contributed by atoms with E-state index in [-0.39, 0.29) is 12.0 Å². The quantitative estimate of drug-likeness (QED) is 0.512. The number of benzene rings is 1. The van der Waals surface area contributed by atoms with Crippen molar-refractivity contribution in [3.8, 4) is 6.07 Å². The minimum absolute atomic E-state index is 0.0972. The number of hydrogen-bond acceptors (Lipinski definition) is 6. The van der Waals surface area contributed by atoms with Crippen molar-refractivity contribution < 1.29 is 9.53 Å². The van der Waals surface area contributed by atoms with E-state index in [0.29, 0.717) is 37.1 Å². The fourth-order valence-electron chi connectivity index (χ4n) is 4.55. The topological polar surface area (TPSA) is 86.8 Å². The van der Waals surface area contributed by atoms with Gasteiger partial charge in [-0.2, -0.15) is 10.4 Å². The molecule has 1 fully saturated rings. The molecule has 8 nitrogen and oxygen atoms in total. The van der Waals surface area contributed by atoms with Crippen molar-refractivity contribution in [1.82, 2.24) is 19.5 Å². The number of fused-ring (bicyclic) bond motifs is 1. The summed E-state index contributed by atoms with van der Waals surface area (Å²) in [4.78, 5) is 22.0. The number of ether oxygens (including phenoxy) is 1. The van der Waals surface area contributed by atoms with Gasteiger partial charge in [-0.15, -0.1) is 0 Å². The van der Waals surface area contributed by atoms with Crippen molar-refractivity contribution in [3.05, 3.63) is 58.5 Å². The van der Waals surface area contributed by atoms with Crippen LogP contribution >= 0.6 is 0 Å². The fourth-order valence-corrected chi connectivity index (χ4v) is 4.55. The normalized spacial score (nSPS) is 15.4. The Hall–Kier alpha value is -3.44. The SMILES string of the molecule is Cc1nc2c(C#N)cnn2c(C)c1CCC(=O)N(Cc1ccc(N(C)C)cc1)CC1CCCO1. The van der Waals surface area contributed by atoms with Crippen molar-refractivity contribution >= 4 is 17.2 Å². The van der Waals surface area contributed by atoms with Crippen LogP contribution < -0.4 is 4.90 Å². The summed E-state index contributed by atoms with van der Waals surface area (Å²) >= 11 is 0. The van der Waals surface area contributed by atoms with E-state index in [1.807, 2.05) is 32.8 Å². The van der Waals surface area contributed by atoms with Crippen LogP contribution in [0.2, 0.25) is 0 Å². The zero-order valence-corrected chi connectivity index (χ0v) is 20.4. The van der Waals surface area contributed by atoms with Crippen LogP contribution in [-0.4, -0.2) is 58.8 Å². The molecule has 2 aromatic heterocycles.